The van der Waals surface area contributed by atoms with Gasteiger partial charge >= 0.3 is 0 Å². The van der Waals surface area contributed by atoms with E-state index in [0.717, 1.165) is 32.3 Å². The SMILES string of the molecule is C=CCCCC(N)C1(C)CCCCO1. The van der Waals surface area contributed by atoms with Crippen LogP contribution in [0, 0.1) is 0 Å². The van der Waals surface area contributed by atoms with Crippen molar-refractivity contribution in [2.45, 2.75) is 57.1 Å². The standard InChI is InChI=1S/C12H23NO/c1-3-4-5-8-11(13)12(2)9-6-7-10-14-12/h3,11H,1,4-10,13H2,2H3. The zero-order valence-corrected chi connectivity index (χ0v) is 9.30. The van der Waals surface area contributed by atoms with Gasteiger partial charge in [-0.2, -0.15) is 0 Å². The summed E-state index contributed by atoms with van der Waals surface area (Å²) in [7, 11) is 0. The molecule has 0 saturated carbocycles. The Labute approximate surface area is 87.5 Å². The molecule has 82 valence electrons. The van der Waals surface area contributed by atoms with E-state index in [9.17, 15) is 0 Å². The average Bonchev–Trinajstić information content (AvgIpc) is 2.19. The minimum absolute atomic E-state index is 0.0700. The maximum absolute atomic E-state index is 6.16. The predicted molar refractivity (Wildman–Crippen MR) is 60.2 cm³/mol. The molecule has 0 radical (unpaired) electrons. The summed E-state index contributed by atoms with van der Waals surface area (Å²) in [5, 5.41) is 0. The van der Waals surface area contributed by atoms with Gasteiger partial charge in [0, 0.05) is 12.6 Å². The minimum atomic E-state index is -0.0700. The molecule has 2 heteroatoms. The Morgan fingerprint density at radius 1 is 1.57 bits per heavy atom. The second-order valence-electron chi connectivity index (χ2n) is 4.44. The first-order valence-corrected chi connectivity index (χ1v) is 5.69. The molecule has 0 aromatic rings. The van der Waals surface area contributed by atoms with Crippen LogP contribution in [0.1, 0.15) is 45.4 Å². The van der Waals surface area contributed by atoms with Gasteiger partial charge in [0.2, 0.25) is 0 Å². The van der Waals surface area contributed by atoms with Gasteiger partial charge < -0.3 is 10.5 Å². The van der Waals surface area contributed by atoms with Crippen LogP contribution in [0.2, 0.25) is 0 Å². The van der Waals surface area contributed by atoms with E-state index in [1.807, 2.05) is 6.08 Å². The molecule has 0 spiro atoms. The molecule has 2 nitrogen and oxygen atoms in total. The molecule has 2 unspecified atom stereocenters. The van der Waals surface area contributed by atoms with Crippen molar-refractivity contribution in [3.63, 3.8) is 0 Å². The molecule has 1 aliphatic rings. The van der Waals surface area contributed by atoms with Crippen molar-refractivity contribution in [3.05, 3.63) is 12.7 Å². The Morgan fingerprint density at radius 3 is 2.93 bits per heavy atom. The summed E-state index contributed by atoms with van der Waals surface area (Å²) >= 11 is 0. The number of rotatable bonds is 5. The van der Waals surface area contributed by atoms with Gasteiger partial charge in [-0.3, -0.25) is 0 Å². The van der Waals surface area contributed by atoms with Crippen LogP contribution in [0.4, 0.5) is 0 Å². The highest BCUT2D eigenvalue weighted by molar-refractivity contribution is 4.89. The minimum Gasteiger partial charge on any atom is -0.374 e. The summed E-state index contributed by atoms with van der Waals surface area (Å²) in [4.78, 5) is 0. The van der Waals surface area contributed by atoms with E-state index in [1.165, 1.54) is 12.8 Å². The fourth-order valence-electron chi connectivity index (χ4n) is 2.04. The lowest BCUT2D eigenvalue weighted by Gasteiger charge is -2.38. The summed E-state index contributed by atoms with van der Waals surface area (Å²) in [6, 6.07) is 0.183. The van der Waals surface area contributed by atoms with E-state index in [2.05, 4.69) is 13.5 Å². The van der Waals surface area contributed by atoms with Crippen molar-refractivity contribution in [2.75, 3.05) is 6.61 Å². The highest BCUT2D eigenvalue weighted by Gasteiger charge is 2.33. The zero-order chi connectivity index (χ0) is 10.4. The number of ether oxygens (including phenoxy) is 1. The molecular weight excluding hydrogens is 174 g/mol. The Bertz CT molecular complexity index is 173. The number of hydrogen-bond acceptors (Lipinski definition) is 2. The lowest BCUT2D eigenvalue weighted by molar-refractivity contribution is -0.0825. The maximum Gasteiger partial charge on any atom is 0.0804 e. The Morgan fingerprint density at radius 2 is 2.36 bits per heavy atom. The van der Waals surface area contributed by atoms with E-state index in [1.54, 1.807) is 0 Å². The quantitative estimate of drug-likeness (QED) is 0.543. The fourth-order valence-corrected chi connectivity index (χ4v) is 2.04. The van der Waals surface area contributed by atoms with Crippen LogP contribution < -0.4 is 5.73 Å². The van der Waals surface area contributed by atoms with Gasteiger partial charge in [-0.1, -0.05) is 6.08 Å². The third-order valence-electron chi connectivity index (χ3n) is 3.21. The Balaban J connectivity index is 2.32. The predicted octanol–water partition coefficient (Wildman–Crippen LogP) is 2.63. The largest absolute Gasteiger partial charge is 0.374 e. The highest BCUT2D eigenvalue weighted by atomic mass is 16.5. The van der Waals surface area contributed by atoms with Crippen molar-refractivity contribution < 1.29 is 4.74 Å². The number of allylic oxidation sites excluding steroid dienone is 1. The number of unbranched alkanes of at least 4 members (excludes halogenated alkanes) is 1. The molecule has 1 heterocycles. The molecule has 1 rings (SSSR count). The van der Waals surface area contributed by atoms with Gasteiger partial charge in [-0.05, 0) is 45.4 Å². The van der Waals surface area contributed by atoms with Crippen LogP contribution in [0.5, 0.6) is 0 Å². The lowest BCUT2D eigenvalue weighted by Crippen LogP contribution is -2.49. The van der Waals surface area contributed by atoms with Gasteiger partial charge in [0.05, 0.1) is 5.60 Å². The zero-order valence-electron chi connectivity index (χ0n) is 9.30. The highest BCUT2D eigenvalue weighted by Crippen LogP contribution is 2.28. The summed E-state index contributed by atoms with van der Waals surface area (Å²) in [5.41, 5.74) is 6.09. The van der Waals surface area contributed by atoms with Crippen molar-refractivity contribution in [3.8, 4) is 0 Å². The fraction of sp³-hybridized carbons (Fsp3) is 0.833. The maximum atomic E-state index is 6.16. The topological polar surface area (TPSA) is 35.2 Å². The van der Waals surface area contributed by atoms with Crippen molar-refractivity contribution >= 4 is 0 Å². The van der Waals surface area contributed by atoms with Crippen molar-refractivity contribution in [2.24, 2.45) is 5.73 Å². The summed E-state index contributed by atoms with van der Waals surface area (Å²) < 4.78 is 5.81. The third kappa shape index (κ3) is 3.10. The Hall–Kier alpha value is -0.340. The summed E-state index contributed by atoms with van der Waals surface area (Å²) in [5.74, 6) is 0. The van der Waals surface area contributed by atoms with Crippen LogP contribution in [-0.4, -0.2) is 18.2 Å². The molecule has 1 aliphatic heterocycles. The van der Waals surface area contributed by atoms with E-state index < -0.39 is 0 Å². The molecule has 0 aromatic carbocycles. The van der Waals surface area contributed by atoms with Gasteiger partial charge in [-0.25, -0.2) is 0 Å². The van der Waals surface area contributed by atoms with Crippen LogP contribution in [-0.2, 0) is 4.74 Å². The molecule has 1 fully saturated rings. The van der Waals surface area contributed by atoms with E-state index in [0.29, 0.717) is 0 Å². The first-order valence-electron chi connectivity index (χ1n) is 5.69. The second-order valence-corrected chi connectivity index (χ2v) is 4.44. The van der Waals surface area contributed by atoms with Gasteiger partial charge in [0.25, 0.3) is 0 Å². The number of hydrogen-bond donors (Lipinski definition) is 1. The van der Waals surface area contributed by atoms with Gasteiger partial charge in [0.1, 0.15) is 0 Å². The monoisotopic (exact) mass is 197 g/mol. The molecule has 0 aliphatic carbocycles. The normalized spacial score (nSPS) is 29.9. The third-order valence-corrected chi connectivity index (χ3v) is 3.21. The van der Waals surface area contributed by atoms with Crippen LogP contribution in [0.15, 0.2) is 12.7 Å². The smallest absolute Gasteiger partial charge is 0.0804 e. The summed E-state index contributed by atoms with van der Waals surface area (Å²) in [6.45, 7) is 6.75. The van der Waals surface area contributed by atoms with Crippen LogP contribution >= 0.6 is 0 Å². The van der Waals surface area contributed by atoms with Gasteiger partial charge in [0.15, 0.2) is 0 Å². The first-order chi connectivity index (χ1) is 6.69. The molecule has 0 amide bonds. The molecule has 2 atom stereocenters. The molecule has 2 N–H and O–H groups in total. The summed E-state index contributed by atoms with van der Waals surface area (Å²) in [6.07, 6.45) is 8.75. The van der Waals surface area contributed by atoms with Crippen LogP contribution in [0.25, 0.3) is 0 Å². The first kappa shape index (κ1) is 11.7. The molecular formula is C12H23NO. The molecule has 0 aromatic heterocycles. The van der Waals surface area contributed by atoms with E-state index >= 15 is 0 Å². The lowest BCUT2D eigenvalue weighted by atomic mass is 9.86. The average molecular weight is 197 g/mol. The molecule has 0 bridgehead atoms. The van der Waals surface area contributed by atoms with E-state index in [-0.39, 0.29) is 11.6 Å². The Kier molecular flexibility index (Phi) is 4.63. The van der Waals surface area contributed by atoms with Crippen LogP contribution in [0.3, 0.4) is 0 Å². The number of nitrogens with two attached hydrogens (primary N) is 1. The molecule has 14 heavy (non-hydrogen) atoms. The van der Waals surface area contributed by atoms with Crippen molar-refractivity contribution in [1.82, 2.24) is 0 Å². The van der Waals surface area contributed by atoms with Gasteiger partial charge in [-0.15, -0.1) is 6.58 Å². The second kappa shape index (κ2) is 5.52. The molecule has 1 saturated heterocycles. The van der Waals surface area contributed by atoms with Crippen molar-refractivity contribution in [1.29, 1.82) is 0 Å². The van der Waals surface area contributed by atoms with E-state index in [4.69, 9.17) is 10.5 Å².